The molecule has 0 aromatic rings. The van der Waals surface area contributed by atoms with Crippen LogP contribution in [0.25, 0.3) is 0 Å². The zero-order chi connectivity index (χ0) is 13.4. The van der Waals surface area contributed by atoms with Crippen molar-refractivity contribution < 1.29 is 14.3 Å². The van der Waals surface area contributed by atoms with Crippen molar-refractivity contribution >= 4 is 23.6 Å². The van der Waals surface area contributed by atoms with Gasteiger partial charge in [-0.25, -0.2) is 4.79 Å². The number of thioether (sulfide) groups is 1. The van der Waals surface area contributed by atoms with Gasteiger partial charge in [0.1, 0.15) is 5.54 Å². The number of hydrogen-bond donors (Lipinski definition) is 1. The monoisotopic (exact) mass is 273 g/mol. The Morgan fingerprint density at radius 2 is 1.94 bits per heavy atom. The summed E-state index contributed by atoms with van der Waals surface area (Å²) in [7, 11) is 0. The second-order valence-corrected chi connectivity index (χ2v) is 5.64. The Hall–Kier alpha value is -0.710. The Morgan fingerprint density at radius 3 is 2.50 bits per heavy atom. The first-order valence-corrected chi connectivity index (χ1v) is 8.01. The van der Waals surface area contributed by atoms with E-state index in [0.717, 1.165) is 25.0 Å². The molecule has 0 aliphatic heterocycles. The summed E-state index contributed by atoms with van der Waals surface area (Å²) in [5, 5.41) is 2.92. The largest absolute Gasteiger partial charge is 0.464 e. The van der Waals surface area contributed by atoms with E-state index >= 15 is 0 Å². The highest BCUT2D eigenvalue weighted by atomic mass is 32.2. The smallest absolute Gasteiger partial charge is 0.331 e. The van der Waals surface area contributed by atoms with Crippen molar-refractivity contribution in [1.29, 1.82) is 0 Å². The number of amides is 1. The first-order chi connectivity index (χ1) is 8.64. The SMILES string of the molecule is CCOC(=O)C1(NC(=O)CCSC)CCCCC1. The highest BCUT2D eigenvalue weighted by molar-refractivity contribution is 7.98. The van der Waals surface area contributed by atoms with Gasteiger partial charge in [-0.15, -0.1) is 0 Å². The minimum atomic E-state index is -0.760. The second kappa shape index (κ2) is 7.67. The lowest BCUT2D eigenvalue weighted by molar-refractivity contribution is -0.155. The third kappa shape index (κ3) is 4.19. The maximum absolute atomic E-state index is 12.1. The molecule has 1 aliphatic carbocycles. The molecule has 0 spiro atoms. The second-order valence-electron chi connectivity index (χ2n) is 4.65. The van der Waals surface area contributed by atoms with Crippen molar-refractivity contribution in [3.63, 3.8) is 0 Å². The summed E-state index contributed by atoms with van der Waals surface area (Å²) < 4.78 is 5.13. The summed E-state index contributed by atoms with van der Waals surface area (Å²) in [6.07, 6.45) is 6.91. The predicted molar refractivity (Wildman–Crippen MR) is 73.6 cm³/mol. The summed E-state index contributed by atoms with van der Waals surface area (Å²) in [5.41, 5.74) is -0.760. The van der Waals surface area contributed by atoms with Crippen LogP contribution in [-0.2, 0) is 14.3 Å². The lowest BCUT2D eigenvalue weighted by Gasteiger charge is -2.35. The standard InChI is InChI=1S/C13H23NO3S/c1-3-17-12(16)13(8-5-4-6-9-13)14-11(15)7-10-18-2/h3-10H2,1-2H3,(H,14,15). The molecule has 1 N–H and O–H groups in total. The van der Waals surface area contributed by atoms with Crippen LogP contribution in [0.2, 0.25) is 0 Å². The minimum Gasteiger partial charge on any atom is -0.464 e. The van der Waals surface area contributed by atoms with Crippen LogP contribution in [0.15, 0.2) is 0 Å². The molecule has 5 heteroatoms. The van der Waals surface area contributed by atoms with Gasteiger partial charge in [-0.3, -0.25) is 4.79 Å². The number of nitrogens with one attached hydrogen (secondary N) is 1. The van der Waals surface area contributed by atoms with Gasteiger partial charge >= 0.3 is 5.97 Å². The molecule has 18 heavy (non-hydrogen) atoms. The highest BCUT2D eigenvalue weighted by Crippen LogP contribution is 2.29. The average Bonchev–Trinajstić information content (AvgIpc) is 2.37. The van der Waals surface area contributed by atoms with E-state index in [2.05, 4.69) is 5.32 Å². The minimum absolute atomic E-state index is 0.0423. The molecule has 1 aliphatic rings. The van der Waals surface area contributed by atoms with Gasteiger partial charge in [0.15, 0.2) is 0 Å². The Labute approximate surface area is 113 Å². The van der Waals surface area contributed by atoms with Crippen LogP contribution in [0.3, 0.4) is 0 Å². The lowest BCUT2D eigenvalue weighted by atomic mass is 9.81. The van der Waals surface area contributed by atoms with Crippen LogP contribution in [0.4, 0.5) is 0 Å². The van der Waals surface area contributed by atoms with Crippen LogP contribution in [-0.4, -0.2) is 36.0 Å². The molecule has 104 valence electrons. The summed E-state index contributed by atoms with van der Waals surface area (Å²) in [4.78, 5) is 23.9. The first-order valence-electron chi connectivity index (χ1n) is 6.62. The van der Waals surface area contributed by atoms with Crippen LogP contribution in [0.5, 0.6) is 0 Å². The predicted octanol–water partition coefficient (Wildman–Crippen LogP) is 2.12. The van der Waals surface area contributed by atoms with E-state index in [9.17, 15) is 9.59 Å². The molecule has 1 saturated carbocycles. The summed E-state index contributed by atoms with van der Waals surface area (Å²) in [5.74, 6) is 0.478. The van der Waals surface area contributed by atoms with Gasteiger partial charge in [-0.05, 0) is 26.0 Å². The van der Waals surface area contributed by atoms with E-state index in [-0.39, 0.29) is 11.9 Å². The molecular formula is C13H23NO3S. The summed E-state index contributed by atoms with van der Waals surface area (Å²) in [6.45, 7) is 2.16. The fourth-order valence-electron chi connectivity index (χ4n) is 2.33. The highest BCUT2D eigenvalue weighted by Gasteiger charge is 2.41. The zero-order valence-corrected chi connectivity index (χ0v) is 12.1. The van der Waals surface area contributed by atoms with Crippen molar-refractivity contribution in [2.75, 3.05) is 18.6 Å². The van der Waals surface area contributed by atoms with Crippen molar-refractivity contribution in [2.24, 2.45) is 0 Å². The molecule has 1 rings (SSSR count). The van der Waals surface area contributed by atoms with Gasteiger partial charge in [0, 0.05) is 12.2 Å². The molecule has 0 saturated heterocycles. The molecule has 1 amide bonds. The third-order valence-corrected chi connectivity index (χ3v) is 3.90. The van der Waals surface area contributed by atoms with Gasteiger partial charge in [0.25, 0.3) is 0 Å². The number of esters is 1. The molecule has 4 nitrogen and oxygen atoms in total. The number of carbonyl (C=O) groups excluding carboxylic acids is 2. The van der Waals surface area contributed by atoms with E-state index in [0.29, 0.717) is 25.9 Å². The van der Waals surface area contributed by atoms with Crippen molar-refractivity contribution in [3.05, 3.63) is 0 Å². The fourth-order valence-corrected chi connectivity index (χ4v) is 2.72. The van der Waals surface area contributed by atoms with Crippen molar-refractivity contribution in [2.45, 2.75) is 51.0 Å². The van der Waals surface area contributed by atoms with Crippen LogP contribution >= 0.6 is 11.8 Å². The van der Waals surface area contributed by atoms with E-state index in [4.69, 9.17) is 4.74 Å². The van der Waals surface area contributed by atoms with Gasteiger partial charge in [0.2, 0.25) is 5.91 Å². The molecule has 0 bridgehead atoms. The zero-order valence-electron chi connectivity index (χ0n) is 11.3. The topological polar surface area (TPSA) is 55.4 Å². The lowest BCUT2D eigenvalue weighted by Crippen LogP contribution is -2.56. The van der Waals surface area contributed by atoms with Crippen molar-refractivity contribution in [1.82, 2.24) is 5.32 Å². The Morgan fingerprint density at radius 1 is 1.28 bits per heavy atom. The summed E-state index contributed by atoms with van der Waals surface area (Å²) in [6, 6.07) is 0. The molecule has 0 aromatic carbocycles. The number of ether oxygens (including phenoxy) is 1. The Balaban J connectivity index is 2.65. The Kier molecular flexibility index (Phi) is 6.54. The van der Waals surface area contributed by atoms with Crippen LogP contribution < -0.4 is 5.32 Å². The number of hydrogen-bond acceptors (Lipinski definition) is 4. The van der Waals surface area contributed by atoms with E-state index in [1.54, 1.807) is 18.7 Å². The average molecular weight is 273 g/mol. The molecule has 0 heterocycles. The summed E-state index contributed by atoms with van der Waals surface area (Å²) >= 11 is 1.63. The van der Waals surface area contributed by atoms with Crippen molar-refractivity contribution in [3.8, 4) is 0 Å². The number of carbonyl (C=O) groups is 2. The van der Waals surface area contributed by atoms with Crippen LogP contribution in [0, 0.1) is 0 Å². The fraction of sp³-hybridized carbons (Fsp3) is 0.846. The van der Waals surface area contributed by atoms with Gasteiger partial charge in [0.05, 0.1) is 6.61 Å². The van der Waals surface area contributed by atoms with E-state index < -0.39 is 5.54 Å². The molecule has 0 aromatic heterocycles. The van der Waals surface area contributed by atoms with Gasteiger partial charge < -0.3 is 10.1 Å². The molecule has 0 unspecified atom stereocenters. The van der Waals surface area contributed by atoms with E-state index in [1.807, 2.05) is 6.26 Å². The Bertz CT molecular complexity index is 288. The maximum Gasteiger partial charge on any atom is 0.331 e. The maximum atomic E-state index is 12.1. The van der Waals surface area contributed by atoms with Gasteiger partial charge in [-0.2, -0.15) is 11.8 Å². The molecule has 0 atom stereocenters. The first kappa shape index (κ1) is 15.3. The molecule has 0 radical (unpaired) electrons. The molecule has 1 fully saturated rings. The normalized spacial score (nSPS) is 18.1. The quantitative estimate of drug-likeness (QED) is 0.753. The number of rotatable bonds is 6. The molecular weight excluding hydrogens is 250 g/mol. The van der Waals surface area contributed by atoms with Crippen LogP contribution in [0.1, 0.15) is 45.4 Å². The third-order valence-electron chi connectivity index (χ3n) is 3.29. The van der Waals surface area contributed by atoms with Gasteiger partial charge in [-0.1, -0.05) is 19.3 Å². The van der Waals surface area contributed by atoms with E-state index in [1.165, 1.54) is 0 Å².